The summed E-state index contributed by atoms with van der Waals surface area (Å²) in [5.74, 6) is -0.355. The Morgan fingerprint density at radius 2 is 1.65 bits per heavy atom. The number of rotatable bonds is 7. The molecule has 0 atom stereocenters. The Bertz CT molecular complexity index is 1380. The van der Waals surface area contributed by atoms with E-state index in [0.717, 1.165) is 17.6 Å². The van der Waals surface area contributed by atoms with Gasteiger partial charge in [0.2, 0.25) is 5.91 Å². The lowest BCUT2D eigenvalue weighted by atomic mass is 10.1. The molecule has 0 radical (unpaired) electrons. The molecule has 2 aromatic carbocycles. The van der Waals surface area contributed by atoms with Crippen molar-refractivity contribution in [3.63, 3.8) is 0 Å². The fourth-order valence-electron chi connectivity index (χ4n) is 2.97. The van der Waals surface area contributed by atoms with Gasteiger partial charge in [-0.25, -0.2) is 8.42 Å². The molecule has 0 unspecified atom stereocenters. The van der Waals surface area contributed by atoms with Crippen molar-refractivity contribution in [1.29, 1.82) is 5.41 Å². The molecular weight excluding hydrogens is 487 g/mol. The number of carbonyl (C=O) groups is 1. The number of hydrogen-bond donors (Lipinski definition) is 3. The van der Waals surface area contributed by atoms with Crippen LogP contribution in [0, 0.1) is 5.41 Å². The number of allylic oxidation sites excluding steroid dienone is 1. The number of anilines is 2. The van der Waals surface area contributed by atoms with E-state index in [2.05, 4.69) is 10.6 Å². The summed E-state index contributed by atoms with van der Waals surface area (Å²) in [5, 5.41) is 14.6. The van der Waals surface area contributed by atoms with Crippen LogP contribution in [0.1, 0.15) is 11.8 Å². The van der Waals surface area contributed by atoms with Crippen LogP contribution in [-0.4, -0.2) is 32.5 Å². The number of carbonyl (C=O) groups excluding carboxylic acids is 1. The average molecular weight is 508 g/mol. The summed E-state index contributed by atoms with van der Waals surface area (Å²) in [7, 11) is -3.44. The van der Waals surface area contributed by atoms with Gasteiger partial charge in [0.15, 0.2) is 9.84 Å². The summed E-state index contributed by atoms with van der Waals surface area (Å²) < 4.78 is 63.2. The Kier molecular flexibility index (Phi) is 7.27. The number of sulfone groups is 1. The zero-order valence-electron chi connectivity index (χ0n) is 18.0. The molecule has 178 valence electrons. The maximum absolute atomic E-state index is 13.1. The number of thiophene rings is 1. The molecule has 0 spiro atoms. The van der Waals surface area contributed by atoms with Gasteiger partial charge in [0, 0.05) is 13.2 Å². The van der Waals surface area contributed by atoms with Gasteiger partial charge in [0.1, 0.15) is 5.71 Å². The second kappa shape index (κ2) is 9.82. The first kappa shape index (κ1) is 25.2. The van der Waals surface area contributed by atoms with Gasteiger partial charge in [0.25, 0.3) is 0 Å². The van der Waals surface area contributed by atoms with Crippen LogP contribution < -0.4 is 10.6 Å². The van der Waals surface area contributed by atoms with Crippen LogP contribution in [0.5, 0.6) is 0 Å². The Balaban J connectivity index is 2.05. The summed E-state index contributed by atoms with van der Waals surface area (Å²) in [4.78, 5) is 12.0. The molecule has 1 aromatic heterocycles. The van der Waals surface area contributed by atoms with Crippen LogP contribution in [-0.2, 0) is 14.6 Å². The van der Waals surface area contributed by atoms with Gasteiger partial charge in [-0.1, -0.05) is 24.3 Å². The van der Waals surface area contributed by atoms with Crippen LogP contribution in [0.15, 0.2) is 70.9 Å². The van der Waals surface area contributed by atoms with E-state index in [0.29, 0.717) is 33.5 Å². The summed E-state index contributed by atoms with van der Waals surface area (Å²) in [5.41, 5.74) is 0.322. The number of hydrogen-bond acceptors (Lipinski definition) is 6. The molecule has 0 aliphatic carbocycles. The maximum Gasteiger partial charge on any atom is 0.432 e. The number of nitrogens with one attached hydrogen (secondary N) is 3. The standard InChI is InChI=1S/C23H20F3N3O3S2/c1-14(30)28-18-8-3-4-9-19(18)29-20(12-22(27)23(24,25)26)21-11-16(13-33-21)15-6-5-7-17(10-15)34(2,31)32/h3-13,27,29H,1-2H3,(H,28,30)/b20-12-,27-22?. The first-order valence-electron chi connectivity index (χ1n) is 9.75. The highest BCUT2D eigenvalue weighted by Gasteiger charge is 2.33. The van der Waals surface area contributed by atoms with Crippen molar-refractivity contribution in [2.75, 3.05) is 16.9 Å². The maximum atomic E-state index is 13.1. The Hall–Kier alpha value is -3.44. The van der Waals surface area contributed by atoms with Crippen molar-refractivity contribution in [3.8, 4) is 11.1 Å². The van der Waals surface area contributed by atoms with Gasteiger partial charge in [-0.3, -0.25) is 10.2 Å². The quantitative estimate of drug-likeness (QED) is 0.351. The Morgan fingerprint density at radius 1 is 1.00 bits per heavy atom. The first-order chi connectivity index (χ1) is 15.8. The van der Waals surface area contributed by atoms with E-state index in [1.807, 2.05) is 0 Å². The highest BCUT2D eigenvalue weighted by Crippen LogP contribution is 2.34. The first-order valence-corrected chi connectivity index (χ1v) is 12.5. The SMILES string of the molecule is CC(=O)Nc1ccccc1N/C(=C\C(=N)C(F)(F)F)c1cc(-c2cccc(S(C)(=O)=O)c2)cs1. The highest BCUT2D eigenvalue weighted by atomic mass is 32.2. The van der Waals surface area contributed by atoms with Crippen LogP contribution >= 0.6 is 11.3 Å². The molecule has 1 amide bonds. The summed E-state index contributed by atoms with van der Waals surface area (Å²) >= 11 is 1.13. The largest absolute Gasteiger partial charge is 0.432 e. The van der Waals surface area contributed by atoms with E-state index in [1.54, 1.807) is 47.8 Å². The van der Waals surface area contributed by atoms with Crippen molar-refractivity contribution < 1.29 is 26.4 Å². The normalized spacial score (nSPS) is 12.3. The number of alkyl halides is 3. The lowest BCUT2D eigenvalue weighted by Crippen LogP contribution is -2.20. The molecule has 1 heterocycles. The van der Waals surface area contributed by atoms with Crippen molar-refractivity contribution in [2.24, 2.45) is 0 Å². The van der Waals surface area contributed by atoms with E-state index < -0.39 is 21.7 Å². The molecule has 0 saturated carbocycles. The van der Waals surface area contributed by atoms with E-state index in [9.17, 15) is 26.4 Å². The summed E-state index contributed by atoms with van der Waals surface area (Å²) in [6.45, 7) is 1.31. The van der Waals surface area contributed by atoms with Crippen LogP contribution in [0.2, 0.25) is 0 Å². The number of halogens is 3. The van der Waals surface area contributed by atoms with Gasteiger partial charge in [-0.2, -0.15) is 13.2 Å². The molecule has 34 heavy (non-hydrogen) atoms. The lowest BCUT2D eigenvalue weighted by Gasteiger charge is -2.15. The Morgan fingerprint density at radius 3 is 2.24 bits per heavy atom. The second-order valence-corrected chi connectivity index (χ2v) is 10.2. The molecule has 0 aliphatic heterocycles. The molecule has 0 fully saturated rings. The second-order valence-electron chi connectivity index (χ2n) is 7.32. The van der Waals surface area contributed by atoms with E-state index >= 15 is 0 Å². The number of para-hydroxylation sites is 2. The highest BCUT2D eigenvalue weighted by molar-refractivity contribution is 7.90. The van der Waals surface area contributed by atoms with Gasteiger partial charge in [-0.15, -0.1) is 11.3 Å². The molecular formula is C23H20F3N3O3S2. The summed E-state index contributed by atoms with van der Waals surface area (Å²) in [6, 6.07) is 14.3. The zero-order valence-corrected chi connectivity index (χ0v) is 19.7. The predicted molar refractivity (Wildman–Crippen MR) is 129 cm³/mol. The third-order valence-corrected chi connectivity index (χ3v) is 6.64. The third-order valence-electron chi connectivity index (χ3n) is 4.56. The minimum absolute atomic E-state index is 0.00403. The summed E-state index contributed by atoms with van der Waals surface area (Å²) in [6.07, 6.45) is -3.09. The van der Waals surface area contributed by atoms with Crippen molar-refractivity contribution in [1.82, 2.24) is 0 Å². The van der Waals surface area contributed by atoms with E-state index in [4.69, 9.17) is 5.41 Å². The zero-order chi connectivity index (χ0) is 25.1. The van der Waals surface area contributed by atoms with Gasteiger partial charge in [-0.05, 0) is 52.9 Å². The molecule has 6 nitrogen and oxygen atoms in total. The molecule has 3 rings (SSSR count). The van der Waals surface area contributed by atoms with Gasteiger partial charge in [0.05, 0.1) is 26.8 Å². The lowest BCUT2D eigenvalue weighted by molar-refractivity contribution is -0.114. The van der Waals surface area contributed by atoms with Crippen LogP contribution in [0.25, 0.3) is 16.8 Å². The molecule has 0 bridgehead atoms. The monoisotopic (exact) mass is 507 g/mol. The van der Waals surface area contributed by atoms with Gasteiger partial charge < -0.3 is 10.6 Å². The fraction of sp³-hybridized carbons (Fsp3) is 0.130. The van der Waals surface area contributed by atoms with Crippen LogP contribution in [0.4, 0.5) is 24.5 Å². The topological polar surface area (TPSA) is 99.1 Å². The molecule has 3 aromatic rings. The molecule has 3 N–H and O–H groups in total. The van der Waals surface area contributed by atoms with E-state index in [-0.39, 0.29) is 16.5 Å². The minimum Gasteiger partial charge on any atom is -0.353 e. The predicted octanol–water partition coefficient (Wildman–Crippen LogP) is 5.81. The fourth-order valence-corrected chi connectivity index (χ4v) is 4.52. The van der Waals surface area contributed by atoms with Crippen molar-refractivity contribution in [2.45, 2.75) is 18.0 Å². The molecule has 11 heteroatoms. The van der Waals surface area contributed by atoms with Crippen molar-refractivity contribution in [3.05, 3.63) is 70.9 Å². The van der Waals surface area contributed by atoms with E-state index in [1.165, 1.54) is 19.1 Å². The number of amides is 1. The third kappa shape index (κ3) is 6.33. The smallest absolute Gasteiger partial charge is 0.353 e. The Labute approximate surface area is 198 Å². The van der Waals surface area contributed by atoms with Crippen LogP contribution in [0.3, 0.4) is 0 Å². The molecule has 0 aliphatic rings. The average Bonchev–Trinajstić information content (AvgIpc) is 3.23. The van der Waals surface area contributed by atoms with Gasteiger partial charge >= 0.3 is 6.18 Å². The molecule has 0 saturated heterocycles. The number of benzene rings is 2. The van der Waals surface area contributed by atoms with Crippen molar-refractivity contribution >= 4 is 49.9 Å². The minimum atomic E-state index is -4.85.